The number of rotatable bonds is 3. The molecule has 1 N–H and O–H groups in total. The van der Waals surface area contributed by atoms with E-state index < -0.39 is 27.4 Å². The van der Waals surface area contributed by atoms with Gasteiger partial charge in [0.1, 0.15) is 5.60 Å². The lowest BCUT2D eigenvalue weighted by Gasteiger charge is -2.23. The molecule has 0 heterocycles. The molecule has 0 saturated carbocycles. The Morgan fingerprint density at radius 3 is 2.26 bits per heavy atom. The van der Waals surface area contributed by atoms with Crippen LogP contribution in [0.15, 0.2) is 35.2 Å². The number of hydrogen-bond acceptors (Lipinski definition) is 5. The molecule has 1 aromatic rings. The number of amides is 1. The number of carbonyl (C=O) groups is 1. The molecule has 1 aromatic carbocycles. The van der Waals surface area contributed by atoms with Gasteiger partial charge in [-0.2, -0.15) is 5.06 Å². The smallest absolute Gasteiger partial charge is 0.435 e. The van der Waals surface area contributed by atoms with Crippen LogP contribution in [0.2, 0.25) is 0 Å². The molecule has 106 valence electrons. The summed E-state index contributed by atoms with van der Waals surface area (Å²) in [6.45, 7) is 4.85. The fourth-order valence-electron chi connectivity index (χ4n) is 1.23. The molecule has 19 heavy (non-hydrogen) atoms. The summed E-state index contributed by atoms with van der Waals surface area (Å²) in [4.78, 5) is 11.5. The highest BCUT2D eigenvalue weighted by atomic mass is 32.2. The van der Waals surface area contributed by atoms with Gasteiger partial charge in [-0.1, -0.05) is 18.2 Å². The Morgan fingerprint density at radius 2 is 1.79 bits per heavy atom. The maximum atomic E-state index is 11.9. The molecule has 1 rings (SSSR count). The standard InChI is InChI=1S/C12H17NO5S/c1-12(2,3)18-11(14)13(15)9-19(16,17)10-7-5-4-6-8-10/h4-8,15H,9H2,1-3H3. The third kappa shape index (κ3) is 4.88. The molecule has 0 fully saturated rings. The SMILES string of the molecule is CC(C)(C)OC(=O)N(O)CS(=O)(=O)c1ccccc1. The topological polar surface area (TPSA) is 83.9 Å². The predicted molar refractivity (Wildman–Crippen MR) is 68.4 cm³/mol. The van der Waals surface area contributed by atoms with Crippen LogP contribution in [0, 0.1) is 0 Å². The number of sulfone groups is 1. The first kappa shape index (κ1) is 15.5. The molecule has 0 atom stereocenters. The second-order valence-corrected chi connectivity index (χ2v) is 6.90. The van der Waals surface area contributed by atoms with Crippen molar-refractivity contribution in [3.63, 3.8) is 0 Å². The van der Waals surface area contributed by atoms with Crippen LogP contribution >= 0.6 is 0 Å². The first-order valence-corrected chi connectivity index (χ1v) is 7.24. The predicted octanol–water partition coefficient (Wildman–Crippen LogP) is 2.04. The lowest BCUT2D eigenvalue weighted by molar-refractivity contribution is -0.0821. The molecule has 0 unspecified atom stereocenters. The Labute approximate surface area is 112 Å². The lowest BCUT2D eigenvalue weighted by atomic mass is 10.2. The monoisotopic (exact) mass is 287 g/mol. The minimum atomic E-state index is -3.79. The van der Waals surface area contributed by atoms with Crippen molar-refractivity contribution in [1.82, 2.24) is 5.06 Å². The van der Waals surface area contributed by atoms with Gasteiger partial charge in [-0.15, -0.1) is 0 Å². The first-order chi connectivity index (χ1) is 8.62. The number of carbonyl (C=O) groups excluding carboxylic acids is 1. The van der Waals surface area contributed by atoms with E-state index in [9.17, 15) is 18.4 Å². The van der Waals surface area contributed by atoms with E-state index in [-0.39, 0.29) is 9.96 Å². The van der Waals surface area contributed by atoms with Crippen molar-refractivity contribution < 1.29 is 23.2 Å². The highest BCUT2D eigenvalue weighted by molar-refractivity contribution is 7.91. The van der Waals surface area contributed by atoms with E-state index in [0.29, 0.717) is 0 Å². The average molecular weight is 287 g/mol. The summed E-state index contributed by atoms with van der Waals surface area (Å²) >= 11 is 0. The van der Waals surface area contributed by atoms with E-state index in [0.717, 1.165) is 0 Å². The van der Waals surface area contributed by atoms with Crippen LogP contribution in [-0.4, -0.2) is 36.3 Å². The zero-order valence-corrected chi connectivity index (χ0v) is 11.8. The minimum Gasteiger partial charge on any atom is -0.442 e. The van der Waals surface area contributed by atoms with Crippen molar-refractivity contribution in [2.24, 2.45) is 0 Å². The number of ether oxygens (including phenoxy) is 1. The Hall–Kier alpha value is -1.60. The van der Waals surface area contributed by atoms with E-state index in [1.54, 1.807) is 39.0 Å². The van der Waals surface area contributed by atoms with Gasteiger partial charge in [-0.25, -0.2) is 13.2 Å². The van der Waals surface area contributed by atoms with E-state index in [1.807, 2.05) is 0 Å². The van der Waals surface area contributed by atoms with Crippen LogP contribution in [0.3, 0.4) is 0 Å². The summed E-state index contributed by atoms with van der Waals surface area (Å²) in [5, 5.41) is 9.51. The van der Waals surface area contributed by atoms with Gasteiger partial charge in [0.05, 0.1) is 4.90 Å². The highest BCUT2D eigenvalue weighted by Gasteiger charge is 2.26. The number of nitrogens with zero attached hydrogens (tertiary/aromatic N) is 1. The third-order valence-electron chi connectivity index (χ3n) is 2.00. The molecule has 0 spiro atoms. The zero-order chi connectivity index (χ0) is 14.7. The fraction of sp³-hybridized carbons (Fsp3) is 0.417. The molecule has 7 heteroatoms. The van der Waals surface area contributed by atoms with Crippen LogP contribution in [0.1, 0.15) is 20.8 Å². The Bertz CT molecular complexity index is 533. The molecule has 0 aliphatic carbocycles. The van der Waals surface area contributed by atoms with Crippen LogP contribution in [-0.2, 0) is 14.6 Å². The molecule has 0 aliphatic rings. The number of benzene rings is 1. The van der Waals surface area contributed by atoms with E-state index >= 15 is 0 Å². The van der Waals surface area contributed by atoms with Crippen molar-refractivity contribution in [3.05, 3.63) is 30.3 Å². The summed E-state index contributed by atoms with van der Waals surface area (Å²) in [7, 11) is -3.79. The summed E-state index contributed by atoms with van der Waals surface area (Å²) in [6.07, 6.45) is -1.10. The highest BCUT2D eigenvalue weighted by Crippen LogP contribution is 2.13. The molecular formula is C12H17NO5S. The molecule has 0 aromatic heterocycles. The van der Waals surface area contributed by atoms with Gasteiger partial charge in [-0.05, 0) is 32.9 Å². The maximum absolute atomic E-state index is 11.9. The second kappa shape index (κ2) is 5.58. The molecule has 6 nitrogen and oxygen atoms in total. The van der Waals surface area contributed by atoms with Crippen LogP contribution in [0.4, 0.5) is 4.79 Å². The van der Waals surface area contributed by atoms with E-state index in [4.69, 9.17) is 4.74 Å². The van der Waals surface area contributed by atoms with Gasteiger partial charge < -0.3 is 4.74 Å². The van der Waals surface area contributed by atoms with Gasteiger partial charge in [0.2, 0.25) is 0 Å². The molecular weight excluding hydrogens is 270 g/mol. The van der Waals surface area contributed by atoms with Crippen molar-refractivity contribution >= 4 is 15.9 Å². The summed E-state index contributed by atoms with van der Waals surface area (Å²) in [6, 6.07) is 7.56. The van der Waals surface area contributed by atoms with Crippen molar-refractivity contribution in [1.29, 1.82) is 0 Å². The van der Waals surface area contributed by atoms with Gasteiger partial charge in [0, 0.05) is 0 Å². The molecule has 0 aliphatic heterocycles. The lowest BCUT2D eigenvalue weighted by Crippen LogP contribution is -2.37. The summed E-state index contributed by atoms with van der Waals surface area (Å²) in [5.41, 5.74) is -0.811. The van der Waals surface area contributed by atoms with Crippen molar-refractivity contribution in [2.45, 2.75) is 31.3 Å². The van der Waals surface area contributed by atoms with Gasteiger partial charge in [-0.3, -0.25) is 5.21 Å². The van der Waals surface area contributed by atoms with E-state index in [2.05, 4.69) is 0 Å². The zero-order valence-electron chi connectivity index (χ0n) is 11.0. The minimum absolute atomic E-state index is 0.0256. The first-order valence-electron chi connectivity index (χ1n) is 5.59. The molecule has 1 amide bonds. The summed E-state index contributed by atoms with van der Waals surface area (Å²) < 4.78 is 28.7. The Morgan fingerprint density at radius 1 is 1.26 bits per heavy atom. The van der Waals surface area contributed by atoms with Gasteiger partial charge in [0.15, 0.2) is 15.7 Å². The third-order valence-corrected chi connectivity index (χ3v) is 3.57. The molecule has 0 radical (unpaired) electrons. The molecule has 0 bridgehead atoms. The quantitative estimate of drug-likeness (QED) is 0.679. The van der Waals surface area contributed by atoms with Crippen molar-refractivity contribution in [3.8, 4) is 0 Å². The Kier molecular flexibility index (Phi) is 4.54. The van der Waals surface area contributed by atoms with Gasteiger partial charge >= 0.3 is 6.09 Å². The number of hydroxylamine groups is 2. The van der Waals surface area contributed by atoms with Crippen LogP contribution in [0.5, 0.6) is 0 Å². The average Bonchev–Trinajstić information content (AvgIpc) is 2.27. The maximum Gasteiger partial charge on any atom is 0.435 e. The number of hydrogen-bond donors (Lipinski definition) is 1. The fourth-order valence-corrected chi connectivity index (χ4v) is 2.38. The molecule has 0 saturated heterocycles. The van der Waals surface area contributed by atoms with Crippen molar-refractivity contribution in [2.75, 3.05) is 5.88 Å². The van der Waals surface area contributed by atoms with E-state index in [1.165, 1.54) is 12.1 Å². The largest absolute Gasteiger partial charge is 0.442 e. The Balaban J connectivity index is 2.77. The van der Waals surface area contributed by atoms with Crippen LogP contribution < -0.4 is 0 Å². The van der Waals surface area contributed by atoms with Gasteiger partial charge in [0.25, 0.3) is 0 Å². The summed E-state index contributed by atoms with van der Waals surface area (Å²) in [5.74, 6) is -0.855. The second-order valence-electron chi connectivity index (χ2n) is 4.94. The normalized spacial score (nSPS) is 12.0. The van der Waals surface area contributed by atoms with Crippen LogP contribution in [0.25, 0.3) is 0 Å².